The minimum absolute atomic E-state index is 0.187. The highest BCUT2D eigenvalue weighted by Crippen LogP contribution is 2.21. The molecule has 1 fully saturated rings. The average Bonchev–Trinajstić information content (AvgIpc) is 2.54. The maximum atomic E-state index is 12.5. The number of sulfonamides is 1. The maximum absolute atomic E-state index is 12.5. The first-order valence-corrected chi connectivity index (χ1v) is 9.29. The van der Waals surface area contributed by atoms with Crippen LogP contribution in [0.25, 0.3) is 0 Å². The van der Waals surface area contributed by atoms with E-state index in [0.29, 0.717) is 23.8 Å². The van der Waals surface area contributed by atoms with Crippen LogP contribution in [0.5, 0.6) is 5.75 Å². The average molecular weight is 327 g/mol. The van der Waals surface area contributed by atoms with Crippen molar-refractivity contribution in [2.45, 2.75) is 43.6 Å². The van der Waals surface area contributed by atoms with Crippen molar-refractivity contribution in [3.05, 3.63) is 24.3 Å². The SMILES string of the molecule is CCOc1ccc(S(=O)(=O)N(C)CCC2CCCCO2)cc1. The molecule has 22 heavy (non-hydrogen) atoms. The Morgan fingerprint density at radius 3 is 2.59 bits per heavy atom. The Hall–Kier alpha value is -1.11. The number of ether oxygens (including phenoxy) is 2. The van der Waals surface area contributed by atoms with Gasteiger partial charge in [-0.05, 0) is 56.9 Å². The Kier molecular flexibility index (Phi) is 6.23. The Morgan fingerprint density at radius 1 is 1.27 bits per heavy atom. The van der Waals surface area contributed by atoms with Gasteiger partial charge < -0.3 is 9.47 Å². The predicted octanol–water partition coefficient (Wildman–Crippen LogP) is 2.67. The molecule has 0 radical (unpaired) electrons. The molecule has 5 nitrogen and oxygen atoms in total. The van der Waals surface area contributed by atoms with Gasteiger partial charge in [0, 0.05) is 20.2 Å². The molecule has 1 aliphatic heterocycles. The Bertz CT molecular complexity index is 550. The monoisotopic (exact) mass is 327 g/mol. The molecule has 0 amide bonds. The summed E-state index contributed by atoms with van der Waals surface area (Å²) in [5.74, 6) is 0.680. The number of rotatable bonds is 7. The lowest BCUT2D eigenvalue weighted by molar-refractivity contribution is 0.00950. The van der Waals surface area contributed by atoms with E-state index in [1.807, 2.05) is 6.92 Å². The van der Waals surface area contributed by atoms with Crippen LogP contribution in [0.2, 0.25) is 0 Å². The van der Waals surface area contributed by atoms with E-state index < -0.39 is 10.0 Å². The lowest BCUT2D eigenvalue weighted by Crippen LogP contribution is -2.31. The van der Waals surface area contributed by atoms with Crippen LogP contribution in [0.1, 0.15) is 32.6 Å². The van der Waals surface area contributed by atoms with Crippen LogP contribution >= 0.6 is 0 Å². The summed E-state index contributed by atoms with van der Waals surface area (Å²) in [7, 11) is -1.83. The van der Waals surface area contributed by atoms with E-state index in [4.69, 9.17) is 9.47 Å². The second kappa shape index (κ2) is 7.94. The topological polar surface area (TPSA) is 55.8 Å². The number of hydrogen-bond acceptors (Lipinski definition) is 4. The smallest absolute Gasteiger partial charge is 0.242 e. The lowest BCUT2D eigenvalue weighted by atomic mass is 10.1. The molecule has 1 saturated heterocycles. The van der Waals surface area contributed by atoms with E-state index in [1.165, 1.54) is 10.7 Å². The standard InChI is InChI=1S/C16H25NO4S/c1-3-20-15-7-9-16(10-8-15)22(18,19)17(2)12-11-14-6-4-5-13-21-14/h7-10,14H,3-6,11-13H2,1-2H3. The summed E-state index contributed by atoms with van der Waals surface area (Å²) in [6, 6.07) is 6.56. The fourth-order valence-electron chi connectivity index (χ4n) is 2.54. The molecule has 1 heterocycles. The van der Waals surface area contributed by atoms with Crippen molar-refractivity contribution in [3.63, 3.8) is 0 Å². The number of nitrogens with zero attached hydrogens (tertiary/aromatic N) is 1. The molecular formula is C16H25NO4S. The van der Waals surface area contributed by atoms with Gasteiger partial charge in [-0.3, -0.25) is 0 Å². The fraction of sp³-hybridized carbons (Fsp3) is 0.625. The summed E-state index contributed by atoms with van der Waals surface area (Å²) in [4.78, 5) is 0.294. The molecular weight excluding hydrogens is 302 g/mol. The highest BCUT2D eigenvalue weighted by molar-refractivity contribution is 7.89. The summed E-state index contributed by atoms with van der Waals surface area (Å²) in [6.45, 7) is 3.72. The Morgan fingerprint density at radius 2 is 2.00 bits per heavy atom. The largest absolute Gasteiger partial charge is 0.494 e. The number of benzene rings is 1. The third-order valence-corrected chi connectivity index (χ3v) is 5.75. The summed E-state index contributed by atoms with van der Waals surface area (Å²) in [5, 5.41) is 0. The van der Waals surface area contributed by atoms with Crippen LogP contribution < -0.4 is 4.74 Å². The van der Waals surface area contributed by atoms with Crippen LogP contribution in [0.4, 0.5) is 0 Å². The minimum atomic E-state index is -3.45. The van der Waals surface area contributed by atoms with Crippen LogP contribution in [-0.2, 0) is 14.8 Å². The maximum Gasteiger partial charge on any atom is 0.242 e. The Balaban J connectivity index is 1.95. The van der Waals surface area contributed by atoms with Gasteiger partial charge in [-0.1, -0.05) is 0 Å². The first kappa shape index (κ1) is 17.2. The van der Waals surface area contributed by atoms with Crippen molar-refractivity contribution in [2.75, 3.05) is 26.8 Å². The second-order valence-corrected chi connectivity index (χ2v) is 7.55. The highest BCUT2D eigenvalue weighted by Gasteiger charge is 2.22. The first-order chi connectivity index (χ1) is 10.5. The summed E-state index contributed by atoms with van der Waals surface area (Å²) in [6.07, 6.45) is 4.23. The predicted molar refractivity (Wildman–Crippen MR) is 85.6 cm³/mol. The fourth-order valence-corrected chi connectivity index (χ4v) is 3.72. The third-order valence-electron chi connectivity index (χ3n) is 3.88. The normalized spacial score (nSPS) is 19.3. The van der Waals surface area contributed by atoms with Gasteiger partial charge in [0.1, 0.15) is 5.75 Å². The van der Waals surface area contributed by atoms with E-state index in [9.17, 15) is 8.42 Å². The van der Waals surface area contributed by atoms with Gasteiger partial charge in [0.15, 0.2) is 0 Å². The zero-order chi connectivity index (χ0) is 16.0. The molecule has 124 valence electrons. The van der Waals surface area contributed by atoms with E-state index in [2.05, 4.69) is 0 Å². The quantitative estimate of drug-likeness (QED) is 0.772. The minimum Gasteiger partial charge on any atom is -0.494 e. The van der Waals surface area contributed by atoms with Crippen molar-refractivity contribution in [1.29, 1.82) is 0 Å². The number of hydrogen-bond donors (Lipinski definition) is 0. The van der Waals surface area contributed by atoms with Gasteiger partial charge in [-0.15, -0.1) is 0 Å². The van der Waals surface area contributed by atoms with Gasteiger partial charge in [0.05, 0.1) is 17.6 Å². The molecule has 0 N–H and O–H groups in total. The van der Waals surface area contributed by atoms with Crippen molar-refractivity contribution in [1.82, 2.24) is 4.31 Å². The zero-order valence-electron chi connectivity index (χ0n) is 13.3. The Labute approximate surface area is 133 Å². The van der Waals surface area contributed by atoms with E-state index in [-0.39, 0.29) is 6.10 Å². The molecule has 1 aromatic rings. The van der Waals surface area contributed by atoms with Gasteiger partial charge >= 0.3 is 0 Å². The van der Waals surface area contributed by atoms with Crippen molar-refractivity contribution >= 4 is 10.0 Å². The van der Waals surface area contributed by atoms with Crippen molar-refractivity contribution < 1.29 is 17.9 Å². The molecule has 0 spiro atoms. The van der Waals surface area contributed by atoms with Gasteiger partial charge in [0.2, 0.25) is 10.0 Å². The molecule has 0 bridgehead atoms. The third kappa shape index (κ3) is 4.44. The molecule has 0 saturated carbocycles. The zero-order valence-corrected chi connectivity index (χ0v) is 14.1. The molecule has 1 aliphatic rings. The molecule has 0 aromatic heterocycles. The lowest BCUT2D eigenvalue weighted by Gasteiger charge is -2.25. The summed E-state index contributed by atoms with van der Waals surface area (Å²) >= 11 is 0. The molecule has 6 heteroatoms. The molecule has 0 aliphatic carbocycles. The summed E-state index contributed by atoms with van der Waals surface area (Å²) < 4.78 is 37.4. The molecule has 1 atom stereocenters. The first-order valence-electron chi connectivity index (χ1n) is 7.85. The van der Waals surface area contributed by atoms with Crippen LogP contribution in [-0.4, -0.2) is 45.6 Å². The highest BCUT2D eigenvalue weighted by atomic mass is 32.2. The van der Waals surface area contributed by atoms with Crippen LogP contribution in [0.15, 0.2) is 29.2 Å². The van der Waals surface area contributed by atoms with Crippen LogP contribution in [0.3, 0.4) is 0 Å². The van der Waals surface area contributed by atoms with Gasteiger partial charge in [-0.25, -0.2) is 12.7 Å². The summed E-state index contributed by atoms with van der Waals surface area (Å²) in [5.41, 5.74) is 0. The molecule has 2 rings (SSSR count). The van der Waals surface area contributed by atoms with Crippen LogP contribution in [0, 0.1) is 0 Å². The van der Waals surface area contributed by atoms with Crippen molar-refractivity contribution in [3.8, 4) is 5.75 Å². The van der Waals surface area contributed by atoms with E-state index in [1.54, 1.807) is 31.3 Å². The molecule has 1 aromatic carbocycles. The molecule has 1 unspecified atom stereocenters. The van der Waals surface area contributed by atoms with Crippen molar-refractivity contribution in [2.24, 2.45) is 0 Å². The van der Waals surface area contributed by atoms with E-state index in [0.717, 1.165) is 25.9 Å². The van der Waals surface area contributed by atoms with E-state index >= 15 is 0 Å². The second-order valence-electron chi connectivity index (χ2n) is 5.51. The van der Waals surface area contributed by atoms with Gasteiger partial charge in [-0.2, -0.15) is 0 Å². The van der Waals surface area contributed by atoms with Gasteiger partial charge in [0.25, 0.3) is 0 Å².